The minimum absolute atomic E-state index is 0.356. The fraction of sp³-hybridized carbons (Fsp3) is 0.200. The maximum atomic E-state index is 12.8. The molecule has 2 rings (SSSR count). The van der Waals surface area contributed by atoms with E-state index in [0.717, 1.165) is 11.8 Å². The molecular formula is C20H20F2N4O2S. The standard InChI is InChI=1S/C20H20F2N4O2S/c1-13(19(27)25-23-11-15-3-7-17(21)8-4-15)29-14(2)20(28)26-24-12-16-5-9-18(22)10-6-16/h3-14H,1-2H3,(H,25,27)(H,26,28)/b23-11-,24-12+/t13-,14-/m0/s1. The van der Waals surface area contributed by atoms with Crippen LogP contribution in [0, 0.1) is 11.6 Å². The van der Waals surface area contributed by atoms with Gasteiger partial charge < -0.3 is 0 Å². The molecule has 2 aromatic rings. The van der Waals surface area contributed by atoms with E-state index in [1.807, 2.05) is 0 Å². The van der Waals surface area contributed by atoms with E-state index in [9.17, 15) is 18.4 Å². The summed E-state index contributed by atoms with van der Waals surface area (Å²) in [6.45, 7) is 3.30. The van der Waals surface area contributed by atoms with Crippen LogP contribution in [0.1, 0.15) is 25.0 Å². The number of amides is 2. The summed E-state index contributed by atoms with van der Waals surface area (Å²) >= 11 is 1.14. The largest absolute Gasteiger partial charge is 0.272 e. The zero-order valence-electron chi connectivity index (χ0n) is 15.8. The lowest BCUT2D eigenvalue weighted by Crippen LogP contribution is -2.33. The van der Waals surface area contributed by atoms with Gasteiger partial charge in [0.05, 0.1) is 22.9 Å². The van der Waals surface area contributed by atoms with E-state index in [1.54, 1.807) is 13.8 Å². The first-order valence-electron chi connectivity index (χ1n) is 8.67. The van der Waals surface area contributed by atoms with Gasteiger partial charge in [-0.25, -0.2) is 19.6 Å². The Labute approximate surface area is 171 Å². The van der Waals surface area contributed by atoms with Crippen LogP contribution in [0.2, 0.25) is 0 Å². The molecule has 0 heterocycles. The molecule has 0 radical (unpaired) electrons. The number of carbonyl (C=O) groups excluding carboxylic acids is 2. The lowest BCUT2D eigenvalue weighted by Gasteiger charge is -2.14. The van der Waals surface area contributed by atoms with Gasteiger partial charge in [-0.2, -0.15) is 10.2 Å². The Morgan fingerprint density at radius 2 is 1.14 bits per heavy atom. The Morgan fingerprint density at radius 3 is 1.48 bits per heavy atom. The van der Waals surface area contributed by atoms with Crippen LogP contribution in [0.5, 0.6) is 0 Å². The molecule has 29 heavy (non-hydrogen) atoms. The molecule has 0 saturated heterocycles. The zero-order valence-corrected chi connectivity index (χ0v) is 16.6. The average Bonchev–Trinajstić information content (AvgIpc) is 2.70. The minimum atomic E-state index is -0.540. The Hall–Kier alpha value is -3.07. The van der Waals surface area contributed by atoms with Crippen LogP contribution in [0.3, 0.4) is 0 Å². The maximum absolute atomic E-state index is 12.8. The fourth-order valence-corrected chi connectivity index (χ4v) is 3.02. The van der Waals surface area contributed by atoms with Crippen LogP contribution in [0.4, 0.5) is 8.78 Å². The van der Waals surface area contributed by atoms with Gasteiger partial charge in [-0.05, 0) is 49.2 Å². The molecule has 2 amide bonds. The first kappa shape index (κ1) is 22.2. The summed E-state index contributed by atoms with van der Waals surface area (Å²) in [6, 6.07) is 11.3. The van der Waals surface area contributed by atoms with Gasteiger partial charge in [0.2, 0.25) is 0 Å². The third-order valence-electron chi connectivity index (χ3n) is 3.66. The van der Waals surface area contributed by atoms with Crippen molar-refractivity contribution in [3.8, 4) is 0 Å². The second-order valence-corrected chi connectivity index (χ2v) is 7.68. The highest BCUT2D eigenvalue weighted by atomic mass is 32.2. The maximum Gasteiger partial charge on any atom is 0.252 e. The Kier molecular flexibility index (Phi) is 8.47. The summed E-state index contributed by atoms with van der Waals surface area (Å²) in [4.78, 5) is 24.1. The zero-order chi connectivity index (χ0) is 21.2. The van der Waals surface area contributed by atoms with Gasteiger partial charge in [0.1, 0.15) is 11.6 Å². The quantitative estimate of drug-likeness (QED) is 0.511. The van der Waals surface area contributed by atoms with Crippen LogP contribution in [0.15, 0.2) is 58.7 Å². The number of halogens is 2. The number of hydrogen-bond donors (Lipinski definition) is 2. The number of rotatable bonds is 8. The molecule has 0 bridgehead atoms. The first-order chi connectivity index (χ1) is 13.8. The van der Waals surface area contributed by atoms with E-state index in [-0.39, 0.29) is 23.4 Å². The van der Waals surface area contributed by atoms with Crippen molar-refractivity contribution >= 4 is 36.0 Å². The fourth-order valence-electron chi connectivity index (χ4n) is 2.05. The molecule has 0 aliphatic carbocycles. The van der Waals surface area contributed by atoms with Gasteiger partial charge >= 0.3 is 0 Å². The van der Waals surface area contributed by atoms with Crippen LogP contribution in [-0.2, 0) is 9.59 Å². The van der Waals surface area contributed by atoms with Crippen molar-refractivity contribution in [1.82, 2.24) is 10.9 Å². The highest BCUT2D eigenvalue weighted by Crippen LogP contribution is 2.17. The number of nitrogens with one attached hydrogen (secondary N) is 2. The van der Waals surface area contributed by atoms with Gasteiger partial charge in [0.15, 0.2) is 0 Å². The van der Waals surface area contributed by atoms with Crippen molar-refractivity contribution in [1.29, 1.82) is 0 Å². The molecule has 2 N–H and O–H groups in total. The lowest BCUT2D eigenvalue weighted by atomic mass is 10.2. The molecule has 0 aliphatic heterocycles. The second kappa shape index (κ2) is 11.1. The predicted molar refractivity (Wildman–Crippen MR) is 111 cm³/mol. The molecule has 152 valence electrons. The predicted octanol–water partition coefficient (Wildman–Crippen LogP) is 3.08. The van der Waals surface area contributed by atoms with Crippen molar-refractivity contribution in [2.45, 2.75) is 24.3 Å². The Bertz CT molecular complexity index is 813. The molecule has 9 heteroatoms. The van der Waals surface area contributed by atoms with Gasteiger partial charge in [0, 0.05) is 0 Å². The third-order valence-corrected chi connectivity index (χ3v) is 4.91. The lowest BCUT2D eigenvalue weighted by molar-refractivity contribution is -0.120. The molecule has 2 atom stereocenters. The van der Waals surface area contributed by atoms with Gasteiger partial charge in [0.25, 0.3) is 11.8 Å². The molecule has 0 spiro atoms. The number of carbonyl (C=O) groups is 2. The summed E-state index contributed by atoms with van der Waals surface area (Å²) < 4.78 is 25.7. The number of nitrogens with zero attached hydrogens (tertiary/aromatic N) is 2. The van der Waals surface area contributed by atoms with Crippen LogP contribution in [0.25, 0.3) is 0 Å². The number of benzene rings is 2. The average molecular weight is 418 g/mol. The van der Waals surface area contributed by atoms with E-state index in [1.165, 1.54) is 61.0 Å². The second-order valence-electron chi connectivity index (χ2n) is 5.99. The number of hydrazone groups is 2. The topological polar surface area (TPSA) is 82.9 Å². The van der Waals surface area contributed by atoms with Crippen molar-refractivity contribution < 1.29 is 18.4 Å². The van der Waals surface area contributed by atoms with Crippen molar-refractivity contribution in [3.05, 3.63) is 71.3 Å². The summed E-state index contributed by atoms with van der Waals surface area (Å²) in [5.41, 5.74) is 6.04. The van der Waals surface area contributed by atoms with Crippen LogP contribution in [-0.4, -0.2) is 34.7 Å². The Balaban J connectivity index is 1.76. The van der Waals surface area contributed by atoms with Crippen molar-refractivity contribution in [2.75, 3.05) is 0 Å². The summed E-state index contributed by atoms with van der Waals surface area (Å²) in [7, 11) is 0. The SMILES string of the molecule is C[C@H](S[C@@H](C)C(=O)N/N=C/c1ccc(F)cc1)C(=O)N/N=C\c1ccc(F)cc1. The van der Waals surface area contributed by atoms with Crippen molar-refractivity contribution in [2.24, 2.45) is 10.2 Å². The summed E-state index contributed by atoms with van der Waals surface area (Å²) in [5, 5.41) is 6.57. The Morgan fingerprint density at radius 1 is 0.793 bits per heavy atom. The summed E-state index contributed by atoms with van der Waals surface area (Å²) in [5.74, 6) is -1.46. The number of hydrogen-bond acceptors (Lipinski definition) is 5. The molecule has 6 nitrogen and oxygen atoms in total. The third kappa shape index (κ3) is 7.82. The minimum Gasteiger partial charge on any atom is -0.272 e. The molecular weight excluding hydrogens is 398 g/mol. The van der Waals surface area contributed by atoms with Gasteiger partial charge in [-0.1, -0.05) is 24.3 Å². The molecule has 0 fully saturated rings. The van der Waals surface area contributed by atoms with Crippen LogP contribution >= 0.6 is 11.8 Å². The molecule has 0 aromatic heterocycles. The highest BCUT2D eigenvalue weighted by Gasteiger charge is 2.21. The molecule has 2 aromatic carbocycles. The normalized spacial score (nSPS) is 13.4. The van der Waals surface area contributed by atoms with E-state index >= 15 is 0 Å². The van der Waals surface area contributed by atoms with E-state index < -0.39 is 10.5 Å². The van der Waals surface area contributed by atoms with E-state index in [0.29, 0.717) is 11.1 Å². The number of thioether (sulfide) groups is 1. The summed E-state index contributed by atoms with van der Waals surface area (Å²) in [6.07, 6.45) is 2.80. The van der Waals surface area contributed by atoms with E-state index in [4.69, 9.17) is 0 Å². The van der Waals surface area contributed by atoms with Gasteiger partial charge in [-0.3, -0.25) is 9.59 Å². The first-order valence-corrected chi connectivity index (χ1v) is 9.62. The molecule has 0 aliphatic rings. The van der Waals surface area contributed by atoms with Crippen molar-refractivity contribution in [3.63, 3.8) is 0 Å². The van der Waals surface area contributed by atoms with Crippen LogP contribution < -0.4 is 10.9 Å². The van der Waals surface area contributed by atoms with Gasteiger partial charge in [-0.15, -0.1) is 11.8 Å². The molecule has 0 saturated carbocycles. The monoisotopic (exact) mass is 418 g/mol. The van der Waals surface area contributed by atoms with E-state index in [2.05, 4.69) is 21.1 Å². The smallest absolute Gasteiger partial charge is 0.252 e. The molecule has 0 unspecified atom stereocenters. The highest BCUT2D eigenvalue weighted by molar-refractivity contribution is 8.01.